The zero-order valence-electron chi connectivity index (χ0n) is 13.3. The largest absolute Gasteiger partial charge is 0.496 e. The molecule has 4 nitrogen and oxygen atoms in total. The van der Waals surface area contributed by atoms with Crippen LogP contribution in [-0.4, -0.2) is 31.3 Å². The Labute approximate surface area is 126 Å². The topological polar surface area (TPSA) is 47.6 Å². The Bertz CT molecular complexity index is 487. The molecule has 21 heavy (non-hydrogen) atoms. The van der Waals surface area contributed by atoms with E-state index in [0.29, 0.717) is 12.0 Å². The number of para-hydroxylation sites is 1. The molecule has 4 heteroatoms. The highest BCUT2D eigenvalue weighted by Gasteiger charge is 2.32. The van der Waals surface area contributed by atoms with E-state index >= 15 is 0 Å². The average molecular weight is 291 g/mol. The van der Waals surface area contributed by atoms with Crippen molar-refractivity contribution in [3.8, 4) is 5.75 Å². The molecule has 1 aliphatic rings. The first-order chi connectivity index (χ1) is 9.89. The number of nitrogens with one attached hydrogen (secondary N) is 1. The van der Waals surface area contributed by atoms with E-state index in [9.17, 15) is 4.79 Å². The van der Waals surface area contributed by atoms with Crippen LogP contribution in [0.5, 0.6) is 5.75 Å². The first-order valence-corrected chi connectivity index (χ1v) is 7.47. The lowest BCUT2D eigenvalue weighted by Crippen LogP contribution is -2.43. The maximum atomic E-state index is 11.7. The molecule has 0 radical (unpaired) electrons. The van der Waals surface area contributed by atoms with E-state index in [2.05, 4.69) is 11.4 Å². The van der Waals surface area contributed by atoms with Gasteiger partial charge in [-0.2, -0.15) is 0 Å². The van der Waals surface area contributed by atoms with Gasteiger partial charge in [-0.3, -0.25) is 4.79 Å². The molecule has 0 aliphatic heterocycles. The Morgan fingerprint density at radius 1 is 1.29 bits per heavy atom. The number of benzene rings is 1. The summed E-state index contributed by atoms with van der Waals surface area (Å²) in [5, 5.41) is 3.26. The maximum Gasteiger partial charge on any atom is 0.320 e. The molecule has 1 N–H and O–H groups in total. The summed E-state index contributed by atoms with van der Waals surface area (Å²) < 4.78 is 10.7. The fourth-order valence-corrected chi connectivity index (χ4v) is 2.65. The molecule has 1 fully saturated rings. The van der Waals surface area contributed by atoms with Crippen molar-refractivity contribution in [2.75, 3.05) is 13.7 Å². The lowest BCUT2D eigenvalue weighted by molar-refractivity contribution is -0.153. The molecule has 0 spiro atoms. The van der Waals surface area contributed by atoms with Gasteiger partial charge in [0, 0.05) is 6.04 Å². The standard InChI is InChI=1S/C17H25NO3/c1-17(2,3)21-16(19)11-18-13-9-12(10-13)14-7-5-6-8-15(14)20-4/h5-8,12-13,18H,9-11H2,1-4H3. The third-order valence-electron chi connectivity index (χ3n) is 3.67. The average Bonchev–Trinajstić information content (AvgIpc) is 2.35. The molecular weight excluding hydrogens is 266 g/mol. The second-order valence-electron chi connectivity index (χ2n) is 6.57. The van der Waals surface area contributed by atoms with Crippen LogP contribution in [0.2, 0.25) is 0 Å². The molecule has 2 rings (SSSR count). The summed E-state index contributed by atoms with van der Waals surface area (Å²) in [5.41, 5.74) is 0.841. The Morgan fingerprint density at radius 3 is 2.57 bits per heavy atom. The summed E-state index contributed by atoms with van der Waals surface area (Å²) in [6.45, 7) is 5.92. The summed E-state index contributed by atoms with van der Waals surface area (Å²) in [4.78, 5) is 11.7. The van der Waals surface area contributed by atoms with Crippen LogP contribution in [0, 0.1) is 0 Å². The van der Waals surface area contributed by atoms with Gasteiger partial charge in [0.2, 0.25) is 0 Å². The van der Waals surface area contributed by atoms with Crippen LogP contribution >= 0.6 is 0 Å². The number of ether oxygens (including phenoxy) is 2. The predicted octanol–water partition coefficient (Wildman–Crippen LogP) is 2.87. The molecular formula is C17H25NO3. The normalized spacial score (nSPS) is 21.5. The van der Waals surface area contributed by atoms with E-state index in [1.54, 1.807) is 7.11 Å². The summed E-state index contributed by atoms with van der Waals surface area (Å²) in [6.07, 6.45) is 2.06. The summed E-state index contributed by atoms with van der Waals surface area (Å²) in [6, 6.07) is 8.52. The van der Waals surface area contributed by atoms with E-state index in [4.69, 9.17) is 9.47 Å². The third-order valence-corrected chi connectivity index (χ3v) is 3.67. The molecule has 0 atom stereocenters. The second-order valence-corrected chi connectivity index (χ2v) is 6.57. The van der Waals surface area contributed by atoms with Crippen molar-refractivity contribution in [1.82, 2.24) is 5.32 Å². The smallest absolute Gasteiger partial charge is 0.320 e. The van der Waals surface area contributed by atoms with Crippen molar-refractivity contribution in [3.63, 3.8) is 0 Å². The van der Waals surface area contributed by atoms with Crippen molar-refractivity contribution in [3.05, 3.63) is 29.8 Å². The third kappa shape index (κ3) is 4.46. The van der Waals surface area contributed by atoms with Gasteiger partial charge in [-0.05, 0) is 51.2 Å². The van der Waals surface area contributed by atoms with Crippen molar-refractivity contribution >= 4 is 5.97 Å². The molecule has 1 aliphatic carbocycles. The van der Waals surface area contributed by atoms with Crippen LogP contribution in [-0.2, 0) is 9.53 Å². The van der Waals surface area contributed by atoms with Crippen molar-refractivity contribution in [1.29, 1.82) is 0 Å². The van der Waals surface area contributed by atoms with Crippen LogP contribution in [0.4, 0.5) is 0 Å². The predicted molar refractivity (Wildman–Crippen MR) is 82.6 cm³/mol. The SMILES string of the molecule is COc1ccccc1C1CC(NCC(=O)OC(C)(C)C)C1. The lowest BCUT2D eigenvalue weighted by atomic mass is 9.75. The zero-order valence-corrected chi connectivity index (χ0v) is 13.3. The van der Waals surface area contributed by atoms with Crippen molar-refractivity contribution in [2.45, 2.75) is 51.2 Å². The molecule has 1 saturated carbocycles. The molecule has 116 valence electrons. The Kier molecular flexibility index (Phi) is 4.88. The minimum absolute atomic E-state index is 0.191. The van der Waals surface area contributed by atoms with Crippen LogP contribution in [0.15, 0.2) is 24.3 Å². The molecule has 0 heterocycles. The molecule has 1 aromatic carbocycles. The maximum absolute atomic E-state index is 11.7. The van der Waals surface area contributed by atoms with Gasteiger partial charge in [-0.15, -0.1) is 0 Å². The number of hydrogen-bond acceptors (Lipinski definition) is 4. The highest BCUT2D eigenvalue weighted by atomic mass is 16.6. The highest BCUT2D eigenvalue weighted by molar-refractivity contribution is 5.72. The number of rotatable bonds is 5. The van der Waals surface area contributed by atoms with E-state index in [1.807, 2.05) is 39.0 Å². The molecule has 0 unspecified atom stereocenters. The first-order valence-electron chi connectivity index (χ1n) is 7.47. The van der Waals surface area contributed by atoms with E-state index in [1.165, 1.54) is 5.56 Å². The number of esters is 1. The van der Waals surface area contributed by atoms with Crippen molar-refractivity contribution in [2.24, 2.45) is 0 Å². The minimum Gasteiger partial charge on any atom is -0.496 e. The Hall–Kier alpha value is -1.55. The lowest BCUT2D eigenvalue weighted by Gasteiger charge is -2.37. The fraction of sp³-hybridized carbons (Fsp3) is 0.588. The molecule has 0 amide bonds. The van der Waals surface area contributed by atoms with E-state index in [-0.39, 0.29) is 12.5 Å². The highest BCUT2D eigenvalue weighted by Crippen LogP contribution is 2.40. The fourth-order valence-electron chi connectivity index (χ4n) is 2.65. The van der Waals surface area contributed by atoms with Crippen LogP contribution in [0.25, 0.3) is 0 Å². The molecule has 1 aromatic rings. The van der Waals surface area contributed by atoms with Crippen LogP contribution < -0.4 is 10.1 Å². The number of methoxy groups -OCH3 is 1. The van der Waals surface area contributed by atoms with Crippen LogP contribution in [0.3, 0.4) is 0 Å². The number of carbonyl (C=O) groups excluding carboxylic acids is 1. The second kappa shape index (κ2) is 6.48. The van der Waals surface area contributed by atoms with Gasteiger partial charge in [0.15, 0.2) is 0 Å². The molecule has 0 bridgehead atoms. The summed E-state index contributed by atoms with van der Waals surface area (Å²) in [7, 11) is 1.70. The Morgan fingerprint density at radius 2 is 1.95 bits per heavy atom. The van der Waals surface area contributed by atoms with Gasteiger partial charge < -0.3 is 14.8 Å². The summed E-state index contributed by atoms with van der Waals surface area (Å²) >= 11 is 0. The molecule has 0 aromatic heterocycles. The van der Waals surface area contributed by atoms with Gasteiger partial charge >= 0.3 is 5.97 Å². The van der Waals surface area contributed by atoms with Crippen molar-refractivity contribution < 1.29 is 14.3 Å². The van der Waals surface area contributed by atoms with Gasteiger partial charge in [0.25, 0.3) is 0 Å². The monoisotopic (exact) mass is 291 g/mol. The Balaban J connectivity index is 1.76. The van der Waals surface area contributed by atoms with Gasteiger partial charge in [0.1, 0.15) is 11.4 Å². The van der Waals surface area contributed by atoms with E-state index in [0.717, 1.165) is 18.6 Å². The van der Waals surface area contributed by atoms with E-state index < -0.39 is 5.60 Å². The van der Waals surface area contributed by atoms with Gasteiger partial charge in [-0.1, -0.05) is 18.2 Å². The van der Waals surface area contributed by atoms with Gasteiger partial charge in [-0.25, -0.2) is 0 Å². The number of hydrogen-bond donors (Lipinski definition) is 1. The zero-order chi connectivity index (χ0) is 15.5. The number of carbonyl (C=O) groups is 1. The molecule has 0 saturated heterocycles. The van der Waals surface area contributed by atoms with Gasteiger partial charge in [0.05, 0.1) is 13.7 Å². The minimum atomic E-state index is -0.418. The first kappa shape index (κ1) is 15.8. The summed E-state index contributed by atoms with van der Waals surface area (Å²) in [5.74, 6) is 1.27. The quantitative estimate of drug-likeness (QED) is 0.847. The van der Waals surface area contributed by atoms with Crippen LogP contribution in [0.1, 0.15) is 45.1 Å².